The van der Waals surface area contributed by atoms with Gasteiger partial charge in [0.05, 0.1) is 12.7 Å². The van der Waals surface area contributed by atoms with Gasteiger partial charge < -0.3 is 19.2 Å². The van der Waals surface area contributed by atoms with Crippen LogP contribution in [0.15, 0.2) is 41.0 Å². The zero-order valence-electron chi connectivity index (χ0n) is 15.7. The van der Waals surface area contributed by atoms with Gasteiger partial charge in [0.2, 0.25) is 5.91 Å². The van der Waals surface area contributed by atoms with Crippen LogP contribution in [-0.2, 0) is 11.2 Å². The molecule has 0 bridgehead atoms. The lowest BCUT2D eigenvalue weighted by molar-refractivity contribution is -0.130. The molecule has 3 heterocycles. The van der Waals surface area contributed by atoms with Crippen LogP contribution in [0.5, 0.6) is 0 Å². The molecule has 1 fully saturated rings. The summed E-state index contributed by atoms with van der Waals surface area (Å²) in [5.41, 5.74) is 2.53. The van der Waals surface area contributed by atoms with E-state index < -0.39 is 0 Å². The zero-order valence-corrected chi connectivity index (χ0v) is 15.7. The Bertz CT molecular complexity index is 1010. The number of nitrogens with one attached hydrogen (secondary N) is 1. The molecule has 1 N–H and O–H groups in total. The molecule has 0 aliphatic carbocycles. The summed E-state index contributed by atoms with van der Waals surface area (Å²) in [4.78, 5) is 32.1. The molecular weight excluding hydrogens is 361 g/mol. The van der Waals surface area contributed by atoms with Crippen molar-refractivity contribution in [2.24, 2.45) is 0 Å². The van der Waals surface area contributed by atoms with Crippen molar-refractivity contribution in [2.45, 2.75) is 19.8 Å². The van der Waals surface area contributed by atoms with Crippen LogP contribution in [0.3, 0.4) is 0 Å². The topological polar surface area (TPSA) is 69.6 Å². The summed E-state index contributed by atoms with van der Waals surface area (Å²) in [6.07, 6.45) is 2.40. The molecule has 3 aromatic rings. The monoisotopic (exact) mass is 383 g/mol. The number of aromatic nitrogens is 1. The number of fused-ring (bicyclic) bond motifs is 1. The predicted octanol–water partition coefficient (Wildman–Crippen LogP) is 3.13. The maximum Gasteiger partial charge on any atom is 0.289 e. The van der Waals surface area contributed by atoms with Gasteiger partial charge in [-0.25, -0.2) is 4.39 Å². The number of amides is 2. The van der Waals surface area contributed by atoms with E-state index in [4.69, 9.17) is 4.42 Å². The van der Waals surface area contributed by atoms with Crippen molar-refractivity contribution < 1.29 is 18.4 Å². The highest BCUT2D eigenvalue weighted by Crippen LogP contribution is 2.24. The highest BCUT2D eigenvalue weighted by Gasteiger charge is 2.25. The van der Waals surface area contributed by atoms with Gasteiger partial charge in [0.1, 0.15) is 5.82 Å². The van der Waals surface area contributed by atoms with Gasteiger partial charge in [0.15, 0.2) is 5.76 Å². The van der Waals surface area contributed by atoms with Gasteiger partial charge in [0.25, 0.3) is 5.91 Å². The Hall–Kier alpha value is -3.09. The Kier molecular flexibility index (Phi) is 4.90. The van der Waals surface area contributed by atoms with Gasteiger partial charge in [-0.3, -0.25) is 9.59 Å². The molecule has 146 valence electrons. The molecule has 1 aromatic carbocycles. The Morgan fingerprint density at radius 2 is 1.93 bits per heavy atom. The van der Waals surface area contributed by atoms with Crippen LogP contribution in [0.1, 0.15) is 28.2 Å². The molecule has 2 aromatic heterocycles. The standard InChI is InChI=1S/C21H22FN3O3/c1-14-16(17-12-15(22)5-6-18(17)23-14)13-20(26)24-7-3-8-25(10-9-24)21(27)19-4-2-11-28-19/h2,4-6,11-12,23H,3,7-10,13H2,1H3. The van der Waals surface area contributed by atoms with Gasteiger partial charge in [-0.1, -0.05) is 0 Å². The number of aryl methyl sites for hydroxylation is 1. The van der Waals surface area contributed by atoms with Crippen LogP contribution >= 0.6 is 0 Å². The number of aromatic amines is 1. The third kappa shape index (κ3) is 3.52. The van der Waals surface area contributed by atoms with Crippen LogP contribution in [0.4, 0.5) is 4.39 Å². The number of hydrogen-bond acceptors (Lipinski definition) is 3. The summed E-state index contributed by atoms with van der Waals surface area (Å²) in [5, 5.41) is 0.746. The van der Waals surface area contributed by atoms with Gasteiger partial charge >= 0.3 is 0 Å². The van der Waals surface area contributed by atoms with E-state index in [9.17, 15) is 14.0 Å². The lowest BCUT2D eigenvalue weighted by atomic mass is 10.1. The molecule has 0 atom stereocenters. The second-order valence-corrected chi connectivity index (χ2v) is 7.10. The second kappa shape index (κ2) is 7.50. The molecule has 0 saturated carbocycles. The van der Waals surface area contributed by atoms with Crippen LogP contribution < -0.4 is 0 Å². The first-order valence-electron chi connectivity index (χ1n) is 9.40. The zero-order chi connectivity index (χ0) is 19.7. The minimum atomic E-state index is -0.318. The Morgan fingerprint density at radius 3 is 2.71 bits per heavy atom. The maximum atomic E-state index is 13.7. The summed E-state index contributed by atoms with van der Waals surface area (Å²) in [7, 11) is 0. The molecular formula is C21H22FN3O3. The van der Waals surface area contributed by atoms with Gasteiger partial charge in [0, 0.05) is 42.8 Å². The number of carbonyl (C=O) groups excluding carboxylic acids is 2. The summed E-state index contributed by atoms with van der Waals surface area (Å²) >= 11 is 0. The van der Waals surface area contributed by atoms with Crippen molar-refractivity contribution in [3.05, 3.63) is 59.4 Å². The van der Waals surface area contributed by atoms with E-state index in [2.05, 4.69) is 4.98 Å². The van der Waals surface area contributed by atoms with E-state index >= 15 is 0 Å². The van der Waals surface area contributed by atoms with Crippen LogP contribution in [0.25, 0.3) is 10.9 Å². The first-order chi connectivity index (χ1) is 13.5. The predicted molar refractivity (Wildman–Crippen MR) is 103 cm³/mol. The summed E-state index contributed by atoms with van der Waals surface area (Å²) in [5.74, 6) is -0.166. The fourth-order valence-corrected chi connectivity index (χ4v) is 3.77. The van der Waals surface area contributed by atoms with Crippen LogP contribution in [-0.4, -0.2) is 52.8 Å². The maximum absolute atomic E-state index is 13.7. The molecule has 1 aliphatic rings. The van der Waals surface area contributed by atoms with Crippen LogP contribution in [0, 0.1) is 12.7 Å². The minimum absolute atomic E-state index is 0.0134. The largest absolute Gasteiger partial charge is 0.459 e. The quantitative estimate of drug-likeness (QED) is 0.756. The third-order valence-electron chi connectivity index (χ3n) is 5.28. The number of furan rings is 1. The van der Waals surface area contributed by atoms with Crippen molar-refractivity contribution in [3.8, 4) is 0 Å². The fraction of sp³-hybridized carbons (Fsp3) is 0.333. The Balaban J connectivity index is 1.45. The summed E-state index contributed by atoms with van der Waals surface area (Å²) in [6, 6.07) is 7.90. The highest BCUT2D eigenvalue weighted by atomic mass is 19.1. The van der Waals surface area contributed by atoms with E-state index in [1.54, 1.807) is 28.0 Å². The lowest BCUT2D eigenvalue weighted by Gasteiger charge is -2.22. The molecule has 2 amide bonds. The fourth-order valence-electron chi connectivity index (χ4n) is 3.77. The Morgan fingerprint density at radius 1 is 1.14 bits per heavy atom. The average Bonchev–Trinajstić information content (AvgIpc) is 3.23. The van der Waals surface area contributed by atoms with Gasteiger partial charge in [-0.2, -0.15) is 0 Å². The molecule has 28 heavy (non-hydrogen) atoms. The van der Waals surface area contributed by atoms with Gasteiger partial charge in [-0.15, -0.1) is 0 Å². The number of hydrogen-bond donors (Lipinski definition) is 1. The summed E-state index contributed by atoms with van der Waals surface area (Å²) < 4.78 is 18.8. The van der Waals surface area contributed by atoms with E-state index in [-0.39, 0.29) is 24.1 Å². The first-order valence-corrected chi connectivity index (χ1v) is 9.40. The highest BCUT2D eigenvalue weighted by molar-refractivity contribution is 5.92. The van der Waals surface area contributed by atoms with E-state index in [0.29, 0.717) is 38.4 Å². The lowest BCUT2D eigenvalue weighted by Crippen LogP contribution is -2.37. The molecule has 1 aliphatic heterocycles. The molecule has 4 rings (SSSR count). The number of nitrogens with zero attached hydrogens (tertiary/aromatic N) is 2. The molecule has 0 radical (unpaired) electrons. The number of H-pyrrole nitrogens is 1. The molecule has 7 heteroatoms. The van der Waals surface area contributed by atoms with Crippen molar-refractivity contribution in [3.63, 3.8) is 0 Å². The first kappa shape index (κ1) is 18.3. The second-order valence-electron chi connectivity index (χ2n) is 7.10. The van der Waals surface area contributed by atoms with Crippen LogP contribution in [0.2, 0.25) is 0 Å². The summed E-state index contributed by atoms with van der Waals surface area (Å²) in [6.45, 7) is 4.01. The number of rotatable bonds is 3. The van der Waals surface area contributed by atoms with Crippen molar-refractivity contribution in [1.29, 1.82) is 0 Å². The SMILES string of the molecule is Cc1[nH]c2ccc(F)cc2c1CC(=O)N1CCCN(C(=O)c2ccco2)CC1. The third-order valence-corrected chi connectivity index (χ3v) is 5.28. The number of benzene rings is 1. The van der Waals surface area contributed by atoms with Gasteiger partial charge in [-0.05, 0) is 49.2 Å². The molecule has 1 saturated heterocycles. The van der Waals surface area contributed by atoms with E-state index in [0.717, 1.165) is 22.2 Å². The molecule has 6 nitrogen and oxygen atoms in total. The van der Waals surface area contributed by atoms with Crippen molar-refractivity contribution in [2.75, 3.05) is 26.2 Å². The van der Waals surface area contributed by atoms with Crippen molar-refractivity contribution >= 4 is 22.7 Å². The minimum Gasteiger partial charge on any atom is -0.459 e. The molecule has 0 spiro atoms. The smallest absolute Gasteiger partial charge is 0.289 e. The molecule has 0 unspecified atom stereocenters. The van der Waals surface area contributed by atoms with E-state index in [1.165, 1.54) is 18.4 Å². The van der Waals surface area contributed by atoms with E-state index in [1.807, 2.05) is 6.92 Å². The van der Waals surface area contributed by atoms with Crippen molar-refractivity contribution in [1.82, 2.24) is 14.8 Å². The normalized spacial score (nSPS) is 15.1. The average molecular weight is 383 g/mol. The Labute approximate surface area is 161 Å². The number of halogens is 1. The number of carbonyl (C=O) groups is 2.